The molecule has 0 bridgehead atoms. The van der Waals surface area contributed by atoms with E-state index in [2.05, 4.69) is 15.3 Å². The Morgan fingerprint density at radius 3 is 2.68 bits per heavy atom. The van der Waals surface area contributed by atoms with Gasteiger partial charge in [-0.05, 0) is 48.1 Å². The van der Waals surface area contributed by atoms with E-state index in [9.17, 15) is 5.11 Å². The second kappa shape index (κ2) is 7.18. The first-order valence-corrected chi connectivity index (χ1v) is 7.77. The molecule has 1 aromatic heterocycles. The Labute approximate surface area is 149 Å². The summed E-state index contributed by atoms with van der Waals surface area (Å²) in [6, 6.07) is 12.4. The Morgan fingerprint density at radius 1 is 1.16 bits per heavy atom. The predicted molar refractivity (Wildman–Crippen MR) is 97.1 cm³/mol. The van der Waals surface area contributed by atoms with Gasteiger partial charge < -0.3 is 14.6 Å². The van der Waals surface area contributed by atoms with Gasteiger partial charge in [0.15, 0.2) is 17.3 Å². The zero-order chi connectivity index (χ0) is 17.8. The van der Waals surface area contributed by atoms with Crippen molar-refractivity contribution in [2.45, 2.75) is 0 Å². The normalized spacial score (nSPS) is 11.0. The maximum Gasteiger partial charge on any atom is 0.216 e. The van der Waals surface area contributed by atoms with Crippen LogP contribution in [0.5, 0.6) is 17.2 Å². The Balaban J connectivity index is 2.02. The quantitative estimate of drug-likeness (QED) is 0.542. The third-order valence-electron chi connectivity index (χ3n) is 3.52. The average Bonchev–Trinajstić information content (AvgIpc) is 3.01. The lowest BCUT2D eigenvalue weighted by Gasteiger charge is -2.07. The summed E-state index contributed by atoms with van der Waals surface area (Å²) in [7, 11) is 3.08. The predicted octanol–water partition coefficient (Wildman–Crippen LogP) is 3.21. The third-order valence-corrected chi connectivity index (χ3v) is 3.79. The highest BCUT2D eigenvalue weighted by atomic mass is 32.1. The molecular formula is C17H16N4O3S. The van der Waals surface area contributed by atoms with Crippen molar-refractivity contribution in [3.05, 3.63) is 52.8 Å². The molecular weight excluding hydrogens is 340 g/mol. The summed E-state index contributed by atoms with van der Waals surface area (Å²) in [5.41, 5.74) is 1.50. The van der Waals surface area contributed by atoms with Gasteiger partial charge >= 0.3 is 0 Å². The summed E-state index contributed by atoms with van der Waals surface area (Å²) < 4.78 is 12.3. The Kier molecular flexibility index (Phi) is 4.80. The van der Waals surface area contributed by atoms with Crippen LogP contribution >= 0.6 is 12.2 Å². The second-order valence-electron chi connectivity index (χ2n) is 5.04. The molecule has 7 nitrogen and oxygen atoms in total. The van der Waals surface area contributed by atoms with E-state index in [0.29, 0.717) is 22.1 Å². The number of benzene rings is 2. The second-order valence-corrected chi connectivity index (χ2v) is 5.43. The molecule has 0 radical (unpaired) electrons. The highest BCUT2D eigenvalue weighted by Crippen LogP contribution is 2.28. The smallest absolute Gasteiger partial charge is 0.216 e. The van der Waals surface area contributed by atoms with Crippen LogP contribution in [-0.2, 0) is 0 Å². The molecule has 0 fully saturated rings. The molecule has 0 aliphatic carbocycles. The molecule has 0 amide bonds. The summed E-state index contributed by atoms with van der Waals surface area (Å²) in [4.78, 5) is 0. The highest BCUT2D eigenvalue weighted by molar-refractivity contribution is 7.71. The Morgan fingerprint density at radius 2 is 1.92 bits per heavy atom. The number of aromatic hydroxyl groups is 1. The first-order chi connectivity index (χ1) is 12.1. The topological polar surface area (TPSA) is 84.7 Å². The van der Waals surface area contributed by atoms with Crippen LogP contribution in [0.1, 0.15) is 5.56 Å². The molecule has 0 unspecified atom stereocenters. The number of para-hydroxylation sites is 1. The van der Waals surface area contributed by atoms with E-state index in [1.54, 1.807) is 25.5 Å². The number of aromatic nitrogens is 3. The van der Waals surface area contributed by atoms with Gasteiger partial charge in [0.2, 0.25) is 4.77 Å². The number of methoxy groups -OCH3 is 2. The molecule has 2 aromatic carbocycles. The minimum absolute atomic E-state index is 0.0642. The van der Waals surface area contributed by atoms with E-state index in [1.807, 2.05) is 24.3 Å². The first kappa shape index (κ1) is 16.7. The largest absolute Gasteiger partial charge is 0.504 e. The van der Waals surface area contributed by atoms with Crippen molar-refractivity contribution >= 4 is 18.4 Å². The molecule has 0 aliphatic heterocycles. The van der Waals surface area contributed by atoms with E-state index >= 15 is 0 Å². The lowest BCUT2D eigenvalue weighted by atomic mass is 10.2. The molecule has 0 atom stereocenters. The molecule has 1 heterocycles. The van der Waals surface area contributed by atoms with Gasteiger partial charge in [-0.3, -0.25) is 0 Å². The number of rotatable bonds is 5. The number of ether oxygens (including phenoxy) is 2. The summed E-state index contributed by atoms with van der Waals surface area (Å²) in [6.07, 6.45) is 1.60. The van der Waals surface area contributed by atoms with Crippen molar-refractivity contribution in [3.8, 4) is 28.6 Å². The van der Waals surface area contributed by atoms with Crippen LogP contribution in [0.15, 0.2) is 47.6 Å². The fourth-order valence-electron chi connectivity index (χ4n) is 2.30. The van der Waals surface area contributed by atoms with Gasteiger partial charge in [-0.15, -0.1) is 0 Å². The number of phenols is 1. The number of hydrogen-bond acceptors (Lipinski definition) is 6. The Hall–Kier alpha value is -3.13. The van der Waals surface area contributed by atoms with Gasteiger partial charge in [-0.2, -0.15) is 14.9 Å². The minimum Gasteiger partial charge on any atom is -0.504 e. The molecule has 0 saturated carbocycles. The number of nitrogens with zero attached hydrogens (tertiary/aromatic N) is 3. The van der Waals surface area contributed by atoms with Gasteiger partial charge in [-0.25, -0.2) is 5.10 Å². The molecule has 8 heteroatoms. The van der Waals surface area contributed by atoms with Crippen molar-refractivity contribution < 1.29 is 14.6 Å². The number of phenolic OH excluding ortho intramolecular Hbond substituents is 1. The van der Waals surface area contributed by atoms with Gasteiger partial charge in [0.1, 0.15) is 5.75 Å². The SMILES string of the molecule is COc1cc(C=Nn2c(-c3ccccc3OC)n[nH]c2=S)ccc1O. The molecule has 0 spiro atoms. The van der Waals surface area contributed by atoms with Crippen molar-refractivity contribution in [2.24, 2.45) is 5.10 Å². The molecule has 3 aromatic rings. The van der Waals surface area contributed by atoms with Crippen LogP contribution in [0.3, 0.4) is 0 Å². The van der Waals surface area contributed by atoms with Crippen molar-refractivity contribution in [1.29, 1.82) is 0 Å². The van der Waals surface area contributed by atoms with Gasteiger partial charge in [0, 0.05) is 0 Å². The lowest BCUT2D eigenvalue weighted by Crippen LogP contribution is -1.97. The minimum atomic E-state index is 0.0642. The van der Waals surface area contributed by atoms with Crippen molar-refractivity contribution in [1.82, 2.24) is 14.9 Å². The fraction of sp³-hybridized carbons (Fsp3) is 0.118. The van der Waals surface area contributed by atoms with E-state index in [1.165, 1.54) is 17.9 Å². The molecule has 0 aliphatic rings. The Bertz CT molecular complexity index is 978. The van der Waals surface area contributed by atoms with Crippen LogP contribution in [-0.4, -0.2) is 40.4 Å². The van der Waals surface area contributed by atoms with Crippen molar-refractivity contribution in [3.63, 3.8) is 0 Å². The molecule has 25 heavy (non-hydrogen) atoms. The van der Waals surface area contributed by atoms with Crippen LogP contribution in [0.2, 0.25) is 0 Å². The molecule has 128 valence electrons. The molecule has 0 saturated heterocycles. The monoisotopic (exact) mass is 356 g/mol. The average molecular weight is 356 g/mol. The zero-order valence-electron chi connectivity index (χ0n) is 13.6. The molecule has 3 rings (SSSR count). The van der Waals surface area contributed by atoms with E-state index in [-0.39, 0.29) is 5.75 Å². The van der Waals surface area contributed by atoms with Crippen LogP contribution < -0.4 is 9.47 Å². The standard InChI is InChI=1S/C17H16N4O3S/c1-23-14-6-4-3-5-12(14)16-19-20-17(25)21(16)18-10-11-7-8-13(22)15(9-11)24-2/h3-10,22H,1-2H3,(H,20,25). The highest BCUT2D eigenvalue weighted by Gasteiger charge is 2.12. The molecule has 2 N–H and O–H groups in total. The van der Waals surface area contributed by atoms with Crippen LogP contribution in [0, 0.1) is 4.77 Å². The van der Waals surface area contributed by atoms with Crippen LogP contribution in [0.25, 0.3) is 11.4 Å². The number of hydrogen-bond donors (Lipinski definition) is 2. The summed E-state index contributed by atoms with van der Waals surface area (Å²) in [6.45, 7) is 0. The maximum atomic E-state index is 9.66. The number of H-pyrrole nitrogens is 1. The van der Waals surface area contributed by atoms with E-state index in [0.717, 1.165) is 11.1 Å². The lowest BCUT2D eigenvalue weighted by molar-refractivity contribution is 0.373. The van der Waals surface area contributed by atoms with E-state index < -0.39 is 0 Å². The van der Waals surface area contributed by atoms with Gasteiger partial charge in [0.05, 0.1) is 26.0 Å². The maximum absolute atomic E-state index is 9.66. The van der Waals surface area contributed by atoms with Gasteiger partial charge in [0.25, 0.3) is 0 Å². The number of aromatic amines is 1. The zero-order valence-corrected chi connectivity index (χ0v) is 14.4. The summed E-state index contributed by atoms with van der Waals surface area (Å²) >= 11 is 5.26. The first-order valence-electron chi connectivity index (χ1n) is 7.36. The van der Waals surface area contributed by atoms with Crippen LogP contribution in [0.4, 0.5) is 0 Å². The third kappa shape index (κ3) is 3.38. The fourth-order valence-corrected chi connectivity index (χ4v) is 2.48. The van der Waals surface area contributed by atoms with Crippen molar-refractivity contribution in [2.75, 3.05) is 14.2 Å². The summed E-state index contributed by atoms with van der Waals surface area (Å²) in [5, 5.41) is 21.0. The summed E-state index contributed by atoms with van der Waals surface area (Å²) in [5.74, 6) is 1.63. The van der Waals surface area contributed by atoms with E-state index in [4.69, 9.17) is 21.7 Å². The van der Waals surface area contributed by atoms with Gasteiger partial charge in [-0.1, -0.05) is 12.1 Å². The number of nitrogens with one attached hydrogen (secondary N) is 1.